The zero-order valence-corrected chi connectivity index (χ0v) is 17.7. The maximum Gasteiger partial charge on any atom is 0.223 e. The molecule has 0 spiro atoms. The molecular formula is C26H25NO4. The lowest BCUT2D eigenvalue weighted by atomic mass is 9.84. The van der Waals surface area contributed by atoms with Crippen LogP contribution in [0.1, 0.15) is 54.2 Å². The maximum atomic E-state index is 13.3. The second-order valence-corrected chi connectivity index (χ2v) is 8.93. The molecular weight excluding hydrogens is 390 g/mol. The van der Waals surface area contributed by atoms with Crippen LogP contribution in [0.5, 0.6) is 5.75 Å². The van der Waals surface area contributed by atoms with Gasteiger partial charge in [0.1, 0.15) is 17.5 Å². The molecule has 5 heteroatoms. The van der Waals surface area contributed by atoms with Gasteiger partial charge in [0.25, 0.3) is 0 Å². The number of aliphatic hydroxyl groups is 1. The van der Waals surface area contributed by atoms with Crippen molar-refractivity contribution in [2.75, 3.05) is 6.54 Å². The first-order chi connectivity index (χ1) is 14.8. The Morgan fingerprint density at radius 3 is 2.48 bits per heavy atom. The van der Waals surface area contributed by atoms with Crippen LogP contribution in [0.3, 0.4) is 0 Å². The number of carbonyl (C=O) groups excluding carboxylic acids is 2. The number of aliphatic hydroxyl groups excluding tert-OH is 1. The Balaban J connectivity index is 1.57. The fourth-order valence-corrected chi connectivity index (χ4v) is 4.71. The fourth-order valence-electron chi connectivity index (χ4n) is 4.71. The summed E-state index contributed by atoms with van der Waals surface area (Å²) in [6.07, 6.45) is 0.359. The Hall–Kier alpha value is -3.18. The summed E-state index contributed by atoms with van der Waals surface area (Å²) in [6, 6.07) is 18.4. The molecule has 5 rings (SSSR count). The predicted octanol–water partition coefficient (Wildman–Crippen LogP) is 4.27. The number of likely N-dealkylation sites (tertiary alicyclic amines) is 1. The minimum atomic E-state index is -0.895. The largest absolute Gasteiger partial charge is 0.485 e. The topological polar surface area (TPSA) is 66.8 Å². The van der Waals surface area contributed by atoms with Gasteiger partial charge in [-0.2, -0.15) is 0 Å². The second kappa shape index (κ2) is 7.20. The van der Waals surface area contributed by atoms with Crippen molar-refractivity contribution in [2.24, 2.45) is 0 Å². The molecule has 2 atom stereocenters. The van der Waals surface area contributed by atoms with Crippen molar-refractivity contribution in [1.29, 1.82) is 0 Å². The molecule has 158 valence electrons. The standard InChI is InChI=1S/C26H25NO4/c1-26(2)25(30)23(27-13-5-8-22(27)28)20-15-19(11-12-21(20)31-26)24(29)18-10-9-16-6-3-4-7-17(16)14-18/h3-4,6-7,9-12,14-15,23,25,30H,5,8,13H2,1-2H3/t23-,25+/m0/s1. The van der Waals surface area contributed by atoms with Gasteiger partial charge >= 0.3 is 0 Å². The van der Waals surface area contributed by atoms with Gasteiger partial charge in [-0.15, -0.1) is 0 Å². The van der Waals surface area contributed by atoms with Crippen molar-refractivity contribution in [3.63, 3.8) is 0 Å². The van der Waals surface area contributed by atoms with E-state index in [0.29, 0.717) is 35.4 Å². The molecule has 2 aliphatic rings. The van der Waals surface area contributed by atoms with E-state index in [1.54, 1.807) is 23.1 Å². The van der Waals surface area contributed by atoms with Crippen LogP contribution in [-0.4, -0.2) is 39.9 Å². The Kier molecular flexibility index (Phi) is 4.59. The van der Waals surface area contributed by atoms with E-state index in [-0.39, 0.29) is 11.7 Å². The summed E-state index contributed by atoms with van der Waals surface area (Å²) in [7, 11) is 0. The van der Waals surface area contributed by atoms with Gasteiger partial charge in [0, 0.05) is 29.7 Å². The third-order valence-electron chi connectivity index (χ3n) is 6.43. The van der Waals surface area contributed by atoms with Crippen molar-refractivity contribution >= 4 is 22.5 Å². The molecule has 0 aromatic heterocycles. The van der Waals surface area contributed by atoms with Crippen LogP contribution >= 0.6 is 0 Å². The molecule has 5 nitrogen and oxygen atoms in total. The van der Waals surface area contributed by atoms with Crippen molar-refractivity contribution in [3.05, 3.63) is 77.4 Å². The van der Waals surface area contributed by atoms with E-state index in [2.05, 4.69) is 0 Å². The number of benzene rings is 3. The summed E-state index contributed by atoms with van der Waals surface area (Å²) in [6.45, 7) is 4.24. The number of carbonyl (C=O) groups is 2. The number of hydrogen-bond donors (Lipinski definition) is 1. The van der Waals surface area contributed by atoms with Gasteiger partial charge in [0.05, 0.1) is 6.04 Å². The number of fused-ring (bicyclic) bond motifs is 2. The van der Waals surface area contributed by atoms with Crippen molar-refractivity contribution in [2.45, 2.75) is 44.4 Å². The fraction of sp³-hybridized carbons (Fsp3) is 0.308. The molecule has 2 aliphatic heterocycles. The van der Waals surface area contributed by atoms with Crippen LogP contribution in [0.4, 0.5) is 0 Å². The van der Waals surface area contributed by atoms with Crippen LogP contribution in [-0.2, 0) is 4.79 Å². The van der Waals surface area contributed by atoms with Crippen LogP contribution in [0.15, 0.2) is 60.7 Å². The van der Waals surface area contributed by atoms with Gasteiger partial charge in [0.15, 0.2) is 5.78 Å². The zero-order valence-electron chi connectivity index (χ0n) is 17.7. The highest BCUT2D eigenvalue weighted by Gasteiger charge is 2.47. The molecule has 1 fully saturated rings. The average molecular weight is 415 g/mol. The van der Waals surface area contributed by atoms with Gasteiger partial charge in [-0.05, 0) is 55.3 Å². The minimum absolute atomic E-state index is 0.0268. The van der Waals surface area contributed by atoms with E-state index in [1.807, 2.05) is 56.3 Å². The summed E-state index contributed by atoms with van der Waals surface area (Å²) in [5, 5.41) is 13.2. The average Bonchev–Trinajstić information content (AvgIpc) is 3.18. The first kappa shape index (κ1) is 19.8. The molecule has 31 heavy (non-hydrogen) atoms. The molecule has 1 amide bonds. The lowest BCUT2D eigenvalue weighted by molar-refractivity contribution is -0.139. The van der Waals surface area contributed by atoms with E-state index < -0.39 is 17.7 Å². The summed E-state index contributed by atoms with van der Waals surface area (Å²) >= 11 is 0. The first-order valence-electron chi connectivity index (χ1n) is 10.7. The van der Waals surface area contributed by atoms with Crippen LogP contribution < -0.4 is 4.74 Å². The van der Waals surface area contributed by atoms with E-state index in [9.17, 15) is 14.7 Å². The quantitative estimate of drug-likeness (QED) is 0.649. The number of amides is 1. The van der Waals surface area contributed by atoms with Crippen LogP contribution in [0, 0.1) is 0 Å². The highest BCUT2D eigenvalue weighted by atomic mass is 16.5. The van der Waals surface area contributed by atoms with Gasteiger partial charge in [-0.1, -0.05) is 36.4 Å². The van der Waals surface area contributed by atoms with Gasteiger partial charge in [-0.3, -0.25) is 9.59 Å². The maximum absolute atomic E-state index is 13.3. The molecule has 1 saturated heterocycles. The molecule has 0 aliphatic carbocycles. The summed E-state index contributed by atoms with van der Waals surface area (Å²) in [5.41, 5.74) is 0.963. The number of ketones is 1. The summed E-state index contributed by atoms with van der Waals surface area (Å²) in [5.74, 6) is 0.536. The van der Waals surface area contributed by atoms with Crippen molar-refractivity contribution < 1.29 is 19.4 Å². The van der Waals surface area contributed by atoms with Crippen molar-refractivity contribution in [3.8, 4) is 5.75 Å². The third kappa shape index (κ3) is 3.29. The van der Waals surface area contributed by atoms with Crippen molar-refractivity contribution in [1.82, 2.24) is 4.90 Å². The Morgan fingerprint density at radius 1 is 1.03 bits per heavy atom. The lowest BCUT2D eigenvalue weighted by Crippen LogP contribution is -2.53. The van der Waals surface area contributed by atoms with Crippen LogP contribution in [0.2, 0.25) is 0 Å². The second-order valence-electron chi connectivity index (χ2n) is 8.93. The highest BCUT2D eigenvalue weighted by Crippen LogP contribution is 2.44. The Bertz CT molecular complexity index is 1200. The lowest BCUT2D eigenvalue weighted by Gasteiger charge is -2.45. The van der Waals surface area contributed by atoms with E-state index >= 15 is 0 Å². The zero-order chi connectivity index (χ0) is 21.8. The smallest absolute Gasteiger partial charge is 0.223 e. The predicted molar refractivity (Wildman–Crippen MR) is 118 cm³/mol. The monoisotopic (exact) mass is 415 g/mol. The minimum Gasteiger partial charge on any atom is -0.485 e. The number of ether oxygens (including phenoxy) is 1. The molecule has 0 saturated carbocycles. The number of hydrogen-bond acceptors (Lipinski definition) is 4. The van der Waals surface area contributed by atoms with Gasteiger partial charge in [-0.25, -0.2) is 0 Å². The molecule has 0 unspecified atom stereocenters. The third-order valence-corrected chi connectivity index (χ3v) is 6.43. The van der Waals surface area contributed by atoms with E-state index in [0.717, 1.165) is 17.2 Å². The molecule has 2 heterocycles. The number of nitrogens with zero attached hydrogens (tertiary/aromatic N) is 1. The first-order valence-corrected chi connectivity index (χ1v) is 10.7. The molecule has 0 bridgehead atoms. The molecule has 0 radical (unpaired) electrons. The van der Waals surface area contributed by atoms with Gasteiger partial charge in [0.2, 0.25) is 5.91 Å². The molecule has 1 N–H and O–H groups in total. The number of rotatable bonds is 3. The van der Waals surface area contributed by atoms with E-state index in [4.69, 9.17) is 4.74 Å². The normalized spacial score (nSPS) is 22.3. The summed E-state index contributed by atoms with van der Waals surface area (Å²) < 4.78 is 6.06. The summed E-state index contributed by atoms with van der Waals surface area (Å²) in [4.78, 5) is 27.5. The Morgan fingerprint density at radius 2 is 1.74 bits per heavy atom. The van der Waals surface area contributed by atoms with Gasteiger partial charge < -0.3 is 14.7 Å². The molecule has 3 aromatic rings. The SMILES string of the molecule is CC1(C)Oc2ccc(C(=O)c3ccc4ccccc4c3)cc2[C@H](N2CCCC2=O)[C@H]1O. The Labute approximate surface area is 181 Å². The molecule has 3 aromatic carbocycles. The highest BCUT2D eigenvalue weighted by molar-refractivity contribution is 6.10. The van der Waals surface area contributed by atoms with Crippen LogP contribution in [0.25, 0.3) is 10.8 Å². The van der Waals surface area contributed by atoms with E-state index in [1.165, 1.54) is 0 Å².